The lowest BCUT2D eigenvalue weighted by Gasteiger charge is -2.09. The van der Waals surface area contributed by atoms with Crippen LogP contribution in [0, 0.1) is 0 Å². The first-order chi connectivity index (χ1) is 9.90. The van der Waals surface area contributed by atoms with E-state index in [1.54, 1.807) is 0 Å². The largest absolute Gasteiger partial charge is 0.437 e. The summed E-state index contributed by atoms with van der Waals surface area (Å²) in [7, 11) is 0. The second kappa shape index (κ2) is 5.95. The third kappa shape index (κ3) is 3.81. The lowest BCUT2D eigenvalue weighted by Crippen LogP contribution is -2.05. The molecule has 4 nitrogen and oxygen atoms in total. The number of isocyanates is 1. The number of benzene rings is 1. The van der Waals surface area contributed by atoms with Gasteiger partial charge in [0.1, 0.15) is 5.75 Å². The molecule has 0 bridgehead atoms. The van der Waals surface area contributed by atoms with E-state index in [2.05, 4.69) is 9.98 Å². The Kier molecular flexibility index (Phi) is 4.26. The van der Waals surface area contributed by atoms with E-state index in [-0.39, 0.29) is 22.3 Å². The summed E-state index contributed by atoms with van der Waals surface area (Å²) in [5.74, 6) is 0.130. The molecule has 0 aliphatic rings. The first kappa shape index (κ1) is 15.0. The predicted molar refractivity (Wildman–Crippen MR) is 68.5 cm³/mol. The van der Waals surface area contributed by atoms with Gasteiger partial charge in [0.05, 0.1) is 16.3 Å². The van der Waals surface area contributed by atoms with Crippen molar-refractivity contribution in [2.24, 2.45) is 4.99 Å². The van der Waals surface area contributed by atoms with Gasteiger partial charge in [-0.05, 0) is 24.3 Å². The molecule has 21 heavy (non-hydrogen) atoms. The highest BCUT2D eigenvalue weighted by Crippen LogP contribution is 2.33. The first-order valence-electron chi connectivity index (χ1n) is 5.48. The minimum absolute atomic E-state index is 0.0449. The number of pyridine rings is 1. The molecule has 0 unspecified atom stereocenters. The van der Waals surface area contributed by atoms with Crippen molar-refractivity contribution in [1.29, 1.82) is 0 Å². The zero-order chi connectivity index (χ0) is 15.5. The maximum atomic E-state index is 12.4. The number of alkyl halides is 3. The van der Waals surface area contributed by atoms with Crippen LogP contribution in [0.4, 0.5) is 18.9 Å². The molecule has 1 aromatic carbocycles. The van der Waals surface area contributed by atoms with Crippen molar-refractivity contribution in [3.8, 4) is 11.6 Å². The molecule has 8 heteroatoms. The molecule has 0 fully saturated rings. The molecule has 108 valence electrons. The van der Waals surface area contributed by atoms with Gasteiger partial charge < -0.3 is 4.74 Å². The van der Waals surface area contributed by atoms with Crippen LogP contribution in [0.1, 0.15) is 5.56 Å². The van der Waals surface area contributed by atoms with E-state index in [0.717, 1.165) is 12.1 Å². The molecular formula is C13H6ClF3N2O2. The normalized spacial score (nSPS) is 10.9. The van der Waals surface area contributed by atoms with E-state index in [1.165, 1.54) is 24.3 Å². The number of aromatic nitrogens is 1. The number of hydrogen-bond donors (Lipinski definition) is 0. The summed E-state index contributed by atoms with van der Waals surface area (Å²) >= 11 is 5.90. The Morgan fingerprint density at radius 3 is 2.52 bits per heavy atom. The summed E-state index contributed by atoms with van der Waals surface area (Å²) < 4.78 is 42.4. The number of aliphatic imine (C=N–C) groups is 1. The average Bonchev–Trinajstić information content (AvgIpc) is 2.42. The molecule has 0 radical (unpaired) electrons. The van der Waals surface area contributed by atoms with Crippen LogP contribution in [0.25, 0.3) is 0 Å². The topological polar surface area (TPSA) is 51.5 Å². The molecule has 0 aliphatic carbocycles. The summed E-state index contributed by atoms with van der Waals surface area (Å²) in [6.07, 6.45) is -2.44. The summed E-state index contributed by atoms with van der Waals surface area (Å²) in [5.41, 5.74) is -0.598. The predicted octanol–water partition coefficient (Wildman–Crippen LogP) is 4.51. The Hall–Kier alpha value is -2.37. The smallest absolute Gasteiger partial charge is 0.417 e. The standard InChI is InChI=1S/C13H6ClF3N2O2/c14-10-5-9(19-7-20)2-3-11(10)21-12-4-1-8(6-18-12)13(15,16)17/h1-6H. The molecule has 0 amide bonds. The van der Waals surface area contributed by atoms with Crippen molar-refractivity contribution in [2.45, 2.75) is 6.18 Å². The van der Waals surface area contributed by atoms with Crippen molar-refractivity contribution in [3.63, 3.8) is 0 Å². The molecule has 2 rings (SSSR count). The zero-order valence-corrected chi connectivity index (χ0v) is 10.9. The fraction of sp³-hybridized carbons (Fsp3) is 0.0769. The molecule has 2 aromatic rings. The fourth-order valence-corrected chi connectivity index (χ4v) is 1.63. The van der Waals surface area contributed by atoms with Crippen LogP contribution in [0.5, 0.6) is 11.6 Å². The van der Waals surface area contributed by atoms with Gasteiger partial charge >= 0.3 is 6.18 Å². The van der Waals surface area contributed by atoms with Gasteiger partial charge in [0.25, 0.3) is 0 Å². The van der Waals surface area contributed by atoms with E-state index in [1.807, 2.05) is 0 Å². The molecule has 0 atom stereocenters. The van der Waals surface area contributed by atoms with Gasteiger partial charge in [-0.15, -0.1) is 0 Å². The zero-order valence-electron chi connectivity index (χ0n) is 10.2. The van der Waals surface area contributed by atoms with Crippen molar-refractivity contribution in [2.75, 3.05) is 0 Å². The molecule has 0 spiro atoms. The number of rotatable bonds is 3. The van der Waals surface area contributed by atoms with Crippen LogP contribution in [0.15, 0.2) is 41.5 Å². The fourth-order valence-electron chi connectivity index (χ4n) is 1.42. The van der Waals surface area contributed by atoms with Crippen molar-refractivity contribution >= 4 is 23.4 Å². The van der Waals surface area contributed by atoms with Gasteiger partial charge in [0, 0.05) is 12.3 Å². The van der Waals surface area contributed by atoms with Crippen LogP contribution in [-0.4, -0.2) is 11.1 Å². The Morgan fingerprint density at radius 1 is 1.24 bits per heavy atom. The van der Waals surface area contributed by atoms with E-state index >= 15 is 0 Å². The summed E-state index contributed by atoms with van der Waals surface area (Å²) in [6, 6.07) is 6.14. The van der Waals surface area contributed by atoms with E-state index in [9.17, 15) is 18.0 Å². The Balaban J connectivity index is 2.20. The highest BCUT2D eigenvalue weighted by atomic mass is 35.5. The van der Waals surface area contributed by atoms with Crippen molar-refractivity contribution in [1.82, 2.24) is 4.98 Å². The number of nitrogens with zero attached hydrogens (tertiary/aromatic N) is 2. The Morgan fingerprint density at radius 2 is 2.00 bits per heavy atom. The van der Waals surface area contributed by atoms with Crippen LogP contribution in [0.2, 0.25) is 5.02 Å². The lowest BCUT2D eigenvalue weighted by atomic mass is 10.3. The molecule has 1 aromatic heterocycles. The number of hydrogen-bond acceptors (Lipinski definition) is 4. The molecule has 0 N–H and O–H groups in total. The first-order valence-corrected chi connectivity index (χ1v) is 5.86. The van der Waals surface area contributed by atoms with Crippen LogP contribution < -0.4 is 4.74 Å². The second-order valence-electron chi connectivity index (χ2n) is 3.80. The molecule has 0 saturated heterocycles. The van der Waals surface area contributed by atoms with Gasteiger partial charge in [-0.3, -0.25) is 0 Å². The lowest BCUT2D eigenvalue weighted by molar-refractivity contribution is -0.137. The highest BCUT2D eigenvalue weighted by molar-refractivity contribution is 6.32. The molecule has 0 aliphatic heterocycles. The third-order valence-corrected chi connectivity index (χ3v) is 2.66. The number of carbonyl (C=O) groups excluding carboxylic acids is 1. The Labute approximate surface area is 121 Å². The number of ether oxygens (including phenoxy) is 1. The van der Waals surface area contributed by atoms with Crippen LogP contribution in [0.3, 0.4) is 0 Å². The molecular weight excluding hydrogens is 309 g/mol. The maximum Gasteiger partial charge on any atom is 0.417 e. The average molecular weight is 315 g/mol. The quantitative estimate of drug-likeness (QED) is 0.618. The van der Waals surface area contributed by atoms with E-state index in [0.29, 0.717) is 6.20 Å². The summed E-state index contributed by atoms with van der Waals surface area (Å²) in [6.45, 7) is 0. The monoisotopic (exact) mass is 314 g/mol. The van der Waals surface area contributed by atoms with Gasteiger partial charge in [0.15, 0.2) is 0 Å². The van der Waals surface area contributed by atoms with Gasteiger partial charge in [-0.1, -0.05) is 11.6 Å². The third-order valence-electron chi connectivity index (χ3n) is 2.37. The van der Waals surface area contributed by atoms with E-state index < -0.39 is 11.7 Å². The van der Waals surface area contributed by atoms with Crippen LogP contribution >= 0.6 is 11.6 Å². The minimum Gasteiger partial charge on any atom is -0.437 e. The van der Waals surface area contributed by atoms with Gasteiger partial charge in [-0.25, -0.2) is 9.78 Å². The maximum absolute atomic E-state index is 12.4. The van der Waals surface area contributed by atoms with Crippen LogP contribution in [-0.2, 0) is 11.0 Å². The van der Waals surface area contributed by atoms with Crippen molar-refractivity contribution in [3.05, 3.63) is 47.1 Å². The van der Waals surface area contributed by atoms with Gasteiger partial charge in [-0.2, -0.15) is 18.2 Å². The SMILES string of the molecule is O=C=Nc1ccc(Oc2ccc(C(F)(F)F)cn2)c(Cl)c1. The number of halogens is 4. The molecule has 0 saturated carbocycles. The second-order valence-corrected chi connectivity index (χ2v) is 4.21. The minimum atomic E-state index is -4.46. The molecule has 1 heterocycles. The van der Waals surface area contributed by atoms with Gasteiger partial charge in [0.2, 0.25) is 12.0 Å². The van der Waals surface area contributed by atoms with E-state index in [4.69, 9.17) is 16.3 Å². The highest BCUT2D eigenvalue weighted by Gasteiger charge is 2.30. The Bertz CT molecular complexity index is 696. The van der Waals surface area contributed by atoms with Crippen molar-refractivity contribution < 1.29 is 22.7 Å². The summed E-state index contributed by atoms with van der Waals surface area (Å²) in [5, 5.41) is 0.133. The summed E-state index contributed by atoms with van der Waals surface area (Å²) in [4.78, 5) is 17.0.